The molecular formula is C20H21F4N7O3S. The molecule has 3 N–H and O–H groups in total. The average molecular weight is 515 g/mol. The Kier molecular flexibility index (Phi) is 6.53. The number of carboxylic acid groups (broad SMARTS) is 1. The first-order valence-electron chi connectivity index (χ1n) is 10.5. The summed E-state index contributed by atoms with van der Waals surface area (Å²) in [5, 5.41) is 26.7. The number of anilines is 3. The zero-order valence-electron chi connectivity index (χ0n) is 18.6. The average Bonchev–Trinajstić information content (AvgIpc) is 3.43. The lowest BCUT2D eigenvalue weighted by molar-refractivity contribution is -0.122. The molecule has 0 saturated heterocycles. The molecular weight excluding hydrogens is 494 g/mol. The maximum absolute atomic E-state index is 13.2. The number of fused-ring (bicyclic) bond motifs is 1. The summed E-state index contributed by atoms with van der Waals surface area (Å²) >= 11 is 1.06. The third-order valence-electron chi connectivity index (χ3n) is 5.50. The largest absolute Gasteiger partial charge is 0.478 e. The van der Waals surface area contributed by atoms with Crippen LogP contribution >= 0.6 is 11.3 Å². The standard InChI is InChI=1S/C20H21F4N7O3S/c1-20(23,24)7-14(32)27-17-15(18(33)34)10-5-9(3-4-12(10)35-17)31-8-25-28-19(31)26-13-6-11(16(21)22)29-30(13)2/h6,8-9,16H,3-5,7H2,1-2H3,(H,26,28)(H,27,32)(H,33,34)/t9-/m0/s1. The Labute approximate surface area is 200 Å². The van der Waals surface area contributed by atoms with Crippen LogP contribution in [0.2, 0.25) is 0 Å². The molecule has 1 atom stereocenters. The van der Waals surface area contributed by atoms with E-state index in [-0.39, 0.29) is 34.8 Å². The summed E-state index contributed by atoms with van der Waals surface area (Å²) in [5.41, 5.74) is -0.0288. The smallest absolute Gasteiger partial charge is 0.339 e. The van der Waals surface area contributed by atoms with Crippen LogP contribution in [0.4, 0.5) is 34.3 Å². The van der Waals surface area contributed by atoms with E-state index < -0.39 is 36.3 Å². The zero-order valence-corrected chi connectivity index (χ0v) is 19.4. The van der Waals surface area contributed by atoms with E-state index in [4.69, 9.17) is 0 Å². The van der Waals surface area contributed by atoms with Gasteiger partial charge in [-0.3, -0.25) is 14.0 Å². The van der Waals surface area contributed by atoms with Crippen LogP contribution < -0.4 is 10.6 Å². The first kappa shape index (κ1) is 24.6. The van der Waals surface area contributed by atoms with Crippen molar-refractivity contribution in [2.45, 2.75) is 51.0 Å². The third kappa shape index (κ3) is 5.28. The van der Waals surface area contributed by atoms with Gasteiger partial charge in [0.2, 0.25) is 11.9 Å². The number of hydrogen-bond donors (Lipinski definition) is 3. The van der Waals surface area contributed by atoms with Crippen LogP contribution in [-0.2, 0) is 24.7 Å². The van der Waals surface area contributed by atoms with Crippen LogP contribution in [0.5, 0.6) is 0 Å². The van der Waals surface area contributed by atoms with Gasteiger partial charge in [0.15, 0.2) is 0 Å². The van der Waals surface area contributed by atoms with Gasteiger partial charge in [-0.05, 0) is 31.7 Å². The fourth-order valence-corrected chi connectivity index (χ4v) is 5.25. The van der Waals surface area contributed by atoms with Gasteiger partial charge in [0.05, 0.1) is 12.0 Å². The molecule has 0 radical (unpaired) electrons. The van der Waals surface area contributed by atoms with Crippen molar-refractivity contribution in [2.75, 3.05) is 10.6 Å². The number of aromatic nitrogens is 5. The number of rotatable bonds is 8. The number of alkyl halides is 4. The molecule has 0 saturated carbocycles. The monoisotopic (exact) mass is 515 g/mol. The lowest BCUT2D eigenvalue weighted by atomic mass is 9.91. The van der Waals surface area contributed by atoms with Gasteiger partial charge >= 0.3 is 5.97 Å². The number of aryl methyl sites for hydroxylation is 2. The van der Waals surface area contributed by atoms with Crippen LogP contribution in [0.15, 0.2) is 12.4 Å². The van der Waals surface area contributed by atoms with Crippen LogP contribution in [0, 0.1) is 0 Å². The highest BCUT2D eigenvalue weighted by molar-refractivity contribution is 7.17. The van der Waals surface area contributed by atoms with Gasteiger partial charge in [0.25, 0.3) is 12.3 Å². The molecule has 10 nitrogen and oxygen atoms in total. The molecule has 0 unspecified atom stereocenters. The van der Waals surface area contributed by atoms with E-state index in [2.05, 4.69) is 25.9 Å². The SMILES string of the molecule is Cn1nc(C(F)F)cc1Nc1nncn1[C@H]1CCc2sc(NC(=O)CC(C)(F)F)c(C(=O)O)c2C1. The fraction of sp³-hybridized carbons (Fsp3) is 0.450. The number of hydrogen-bond acceptors (Lipinski definition) is 7. The minimum Gasteiger partial charge on any atom is -0.478 e. The summed E-state index contributed by atoms with van der Waals surface area (Å²) in [6.45, 7) is 0.610. The van der Waals surface area contributed by atoms with Crippen molar-refractivity contribution in [3.8, 4) is 0 Å². The Hall–Kier alpha value is -3.49. The molecule has 0 aliphatic heterocycles. The molecule has 0 aromatic carbocycles. The van der Waals surface area contributed by atoms with Crippen molar-refractivity contribution < 1.29 is 32.3 Å². The molecule has 3 aromatic rings. The molecule has 3 aromatic heterocycles. The molecule has 4 rings (SSSR count). The molecule has 0 spiro atoms. The second-order valence-corrected chi connectivity index (χ2v) is 9.38. The topological polar surface area (TPSA) is 127 Å². The van der Waals surface area contributed by atoms with E-state index in [1.54, 1.807) is 4.57 Å². The predicted octanol–water partition coefficient (Wildman–Crippen LogP) is 4.17. The van der Waals surface area contributed by atoms with Gasteiger partial charge in [-0.2, -0.15) is 5.10 Å². The quantitative estimate of drug-likeness (QED) is 0.385. The lowest BCUT2D eigenvalue weighted by Crippen LogP contribution is -2.23. The maximum Gasteiger partial charge on any atom is 0.339 e. The Bertz CT molecular complexity index is 1260. The van der Waals surface area contributed by atoms with Gasteiger partial charge < -0.3 is 15.7 Å². The summed E-state index contributed by atoms with van der Waals surface area (Å²) in [6, 6.07) is 0.915. The van der Waals surface area contributed by atoms with Crippen molar-refractivity contribution in [2.24, 2.45) is 7.05 Å². The van der Waals surface area contributed by atoms with Crippen molar-refractivity contribution in [1.82, 2.24) is 24.5 Å². The summed E-state index contributed by atoms with van der Waals surface area (Å²) in [7, 11) is 1.50. The predicted molar refractivity (Wildman–Crippen MR) is 118 cm³/mol. The van der Waals surface area contributed by atoms with Crippen molar-refractivity contribution in [1.29, 1.82) is 0 Å². The van der Waals surface area contributed by atoms with E-state index in [9.17, 15) is 32.3 Å². The molecule has 1 amide bonds. The fourth-order valence-electron chi connectivity index (χ4n) is 4.00. The minimum absolute atomic E-state index is 0.0221. The number of aromatic carboxylic acids is 1. The molecule has 1 aliphatic rings. The molecule has 1 aliphatic carbocycles. The van der Waals surface area contributed by atoms with Crippen LogP contribution in [0.25, 0.3) is 0 Å². The highest BCUT2D eigenvalue weighted by Crippen LogP contribution is 2.42. The second-order valence-electron chi connectivity index (χ2n) is 8.27. The van der Waals surface area contributed by atoms with E-state index in [1.165, 1.54) is 24.1 Å². The van der Waals surface area contributed by atoms with Gasteiger partial charge in [-0.15, -0.1) is 21.5 Å². The number of carbonyl (C=O) groups is 2. The molecule has 0 fully saturated rings. The Morgan fingerprint density at radius 1 is 1.37 bits per heavy atom. The second kappa shape index (κ2) is 9.28. The van der Waals surface area contributed by atoms with Crippen LogP contribution in [0.1, 0.15) is 58.7 Å². The van der Waals surface area contributed by atoms with E-state index in [0.717, 1.165) is 16.2 Å². The van der Waals surface area contributed by atoms with Gasteiger partial charge in [0.1, 0.15) is 22.8 Å². The molecule has 3 heterocycles. The number of nitrogens with one attached hydrogen (secondary N) is 2. The summed E-state index contributed by atoms with van der Waals surface area (Å²) in [6.07, 6.45) is -1.04. The van der Waals surface area contributed by atoms with Crippen molar-refractivity contribution >= 4 is 40.0 Å². The normalized spacial score (nSPS) is 15.8. The summed E-state index contributed by atoms with van der Waals surface area (Å²) in [5.74, 6) is -4.95. The number of thiophene rings is 1. The zero-order chi connectivity index (χ0) is 25.5. The highest BCUT2D eigenvalue weighted by atomic mass is 32.1. The number of amides is 1. The van der Waals surface area contributed by atoms with Crippen LogP contribution in [-0.4, -0.2) is 47.5 Å². The van der Waals surface area contributed by atoms with Gasteiger partial charge in [0, 0.05) is 24.0 Å². The van der Waals surface area contributed by atoms with Gasteiger partial charge in [-0.1, -0.05) is 0 Å². The van der Waals surface area contributed by atoms with E-state index >= 15 is 0 Å². The molecule has 15 heteroatoms. The number of carbonyl (C=O) groups excluding carboxylic acids is 1. The van der Waals surface area contributed by atoms with Crippen molar-refractivity contribution in [3.63, 3.8) is 0 Å². The minimum atomic E-state index is -3.22. The number of nitrogens with zero attached hydrogens (tertiary/aromatic N) is 5. The first-order chi connectivity index (χ1) is 16.4. The number of carboxylic acids is 1. The van der Waals surface area contributed by atoms with E-state index in [0.29, 0.717) is 25.3 Å². The highest BCUT2D eigenvalue weighted by Gasteiger charge is 2.33. The Morgan fingerprint density at radius 2 is 2.11 bits per heavy atom. The third-order valence-corrected chi connectivity index (χ3v) is 6.71. The Morgan fingerprint density at radius 3 is 2.74 bits per heavy atom. The summed E-state index contributed by atoms with van der Waals surface area (Å²) in [4.78, 5) is 24.7. The Balaban J connectivity index is 1.58. The van der Waals surface area contributed by atoms with Crippen LogP contribution in [0.3, 0.4) is 0 Å². The van der Waals surface area contributed by atoms with Gasteiger partial charge in [-0.25, -0.2) is 22.4 Å². The molecule has 35 heavy (non-hydrogen) atoms. The molecule has 188 valence electrons. The lowest BCUT2D eigenvalue weighted by Gasteiger charge is -2.25. The van der Waals surface area contributed by atoms with Crippen molar-refractivity contribution in [3.05, 3.63) is 34.1 Å². The summed E-state index contributed by atoms with van der Waals surface area (Å²) < 4.78 is 55.2. The number of halogens is 4. The maximum atomic E-state index is 13.2. The first-order valence-corrected chi connectivity index (χ1v) is 11.3. The molecule has 0 bridgehead atoms. The van der Waals surface area contributed by atoms with E-state index in [1.807, 2.05) is 0 Å².